The Bertz CT molecular complexity index is 383. The number of nitrogens with one attached hydrogen (secondary N) is 1. The van der Waals surface area contributed by atoms with Crippen LogP contribution in [0.25, 0.3) is 0 Å². The molecular weight excluding hydrogens is 249 g/mol. The van der Waals surface area contributed by atoms with Crippen molar-refractivity contribution in [1.82, 2.24) is 5.32 Å². The van der Waals surface area contributed by atoms with E-state index in [0.717, 1.165) is 18.5 Å². The Hall–Kier alpha value is -0.890. The molecule has 0 aromatic heterocycles. The fourth-order valence-corrected chi connectivity index (χ4v) is 3.05. The zero-order valence-corrected chi connectivity index (χ0v) is 13.5. The lowest BCUT2D eigenvalue weighted by Gasteiger charge is -2.28. The molecule has 20 heavy (non-hydrogen) atoms. The lowest BCUT2D eigenvalue weighted by Crippen LogP contribution is -2.38. The van der Waals surface area contributed by atoms with Gasteiger partial charge >= 0.3 is 0 Å². The van der Waals surface area contributed by atoms with Gasteiger partial charge in [-0.1, -0.05) is 39.7 Å². The fraction of sp³-hybridized carbons (Fsp3) is 0.667. The molecule has 1 nitrogen and oxygen atoms in total. The molecule has 0 spiro atoms. The number of rotatable bonds is 9. The van der Waals surface area contributed by atoms with Crippen molar-refractivity contribution in [3.63, 3.8) is 0 Å². The fourth-order valence-electron chi connectivity index (χ4n) is 3.05. The van der Waals surface area contributed by atoms with Gasteiger partial charge in [-0.25, -0.2) is 4.39 Å². The van der Waals surface area contributed by atoms with Crippen LogP contribution in [-0.2, 0) is 6.42 Å². The highest BCUT2D eigenvalue weighted by molar-refractivity contribution is 5.27. The van der Waals surface area contributed by atoms with Gasteiger partial charge in [0.05, 0.1) is 0 Å². The van der Waals surface area contributed by atoms with E-state index in [1.54, 1.807) is 12.1 Å². The van der Waals surface area contributed by atoms with Gasteiger partial charge in [0.25, 0.3) is 0 Å². The van der Waals surface area contributed by atoms with Crippen LogP contribution in [0.1, 0.15) is 57.6 Å². The largest absolute Gasteiger partial charge is 0.314 e. The smallest absolute Gasteiger partial charge is 0.123 e. The summed E-state index contributed by atoms with van der Waals surface area (Å²) in [6, 6.07) is 5.61. The van der Waals surface area contributed by atoms with Crippen molar-refractivity contribution in [1.29, 1.82) is 0 Å². The van der Waals surface area contributed by atoms with Crippen LogP contribution < -0.4 is 5.32 Å². The van der Waals surface area contributed by atoms with E-state index < -0.39 is 0 Å². The van der Waals surface area contributed by atoms with Gasteiger partial charge in [0.1, 0.15) is 5.82 Å². The highest BCUT2D eigenvalue weighted by Gasteiger charge is 2.20. The van der Waals surface area contributed by atoms with Gasteiger partial charge in [0.15, 0.2) is 0 Å². The topological polar surface area (TPSA) is 12.0 Å². The average molecular weight is 279 g/mol. The van der Waals surface area contributed by atoms with Gasteiger partial charge in [-0.05, 0) is 61.9 Å². The molecule has 0 amide bonds. The Morgan fingerprint density at radius 2 is 1.75 bits per heavy atom. The first kappa shape index (κ1) is 17.2. The van der Waals surface area contributed by atoms with Crippen LogP contribution in [0.15, 0.2) is 18.2 Å². The molecule has 0 fully saturated rings. The number of halogens is 1. The molecule has 114 valence electrons. The van der Waals surface area contributed by atoms with Gasteiger partial charge < -0.3 is 5.32 Å². The molecule has 1 aromatic rings. The molecular formula is C18H30FN. The molecule has 0 radical (unpaired) electrons. The van der Waals surface area contributed by atoms with Gasteiger partial charge in [0.2, 0.25) is 0 Å². The zero-order chi connectivity index (χ0) is 15.0. The van der Waals surface area contributed by atoms with E-state index in [4.69, 9.17) is 0 Å². The molecule has 0 aliphatic heterocycles. The highest BCUT2D eigenvalue weighted by atomic mass is 19.1. The Balaban J connectivity index is 2.86. The molecule has 0 heterocycles. The molecule has 1 aromatic carbocycles. The van der Waals surface area contributed by atoms with E-state index in [1.807, 2.05) is 6.07 Å². The Morgan fingerprint density at radius 3 is 2.30 bits per heavy atom. The Labute approximate surface area is 124 Å². The molecule has 0 saturated carbocycles. The molecule has 1 atom stereocenters. The monoisotopic (exact) mass is 279 g/mol. The SMILES string of the molecule is CCCC(CCC)C(Cc1cc(F)ccc1C)NCC. The predicted molar refractivity (Wildman–Crippen MR) is 85.6 cm³/mol. The quantitative estimate of drug-likeness (QED) is 0.680. The molecule has 0 aliphatic rings. The maximum Gasteiger partial charge on any atom is 0.123 e. The van der Waals surface area contributed by atoms with E-state index in [1.165, 1.54) is 31.2 Å². The minimum Gasteiger partial charge on any atom is -0.314 e. The maximum absolute atomic E-state index is 13.5. The molecule has 0 bridgehead atoms. The summed E-state index contributed by atoms with van der Waals surface area (Å²) in [5.41, 5.74) is 2.34. The van der Waals surface area contributed by atoms with Crippen LogP contribution in [-0.4, -0.2) is 12.6 Å². The van der Waals surface area contributed by atoms with Crippen molar-refractivity contribution in [2.24, 2.45) is 5.92 Å². The van der Waals surface area contributed by atoms with Gasteiger partial charge in [0, 0.05) is 6.04 Å². The second-order valence-corrected chi connectivity index (χ2v) is 5.78. The first-order chi connectivity index (χ1) is 9.62. The molecule has 0 aliphatic carbocycles. The minimum absolute atomic E-state index is 0.122. The van der Waals surface area contributed by atoms with Crippen molar-refractivity contribution in [2.75, 3.05) is 6.54 Å². The van der Waals surface area contributed by atoms with E-state index in [2.05, 4.69) is 33.0 Å². The molecule has 1 unspecified atom stereocenters. The van der Waals surface area contributed by atoms with Gasteiger partial charge in [-0.2, -0.15) is 0 Å². The number of hydrogen-bond acceptors (Lipinski definition) is 1. The summed E-state index contributed by atoms with van der Waals surface area (Å²) in [6.07, 6.45) is 5.87. The predicted octanol–water partition coefficient (Wildman–Crippen LogP) is 4.87. The van der Waals surface area contributed by atoms with Crippen LogP contribution >= 0.6 is 0 Å². The van der Waals surface area contributed by atoms with Crippen LogP contribution in [0, 0.1) is 18.7 Å². The molecule has 2 heteroatoms. The Morgan fingerprint density at radius 1 is 1.10 bits per heavy atom. The van der Waals surface area contributed by atoms with Crippen molar-refractivity contribution in [3.05, 3.63) is 35.1 Å². The minimum atomic E-state index is -0.122. The van der Waals surface area contributed by atoms with Crippen LogP contribution in [0.2, 0.25) is 0 Å². The second-order valence-electron chi connectivity index (χ2n) is 5.78. The summed E-state index contributed by atoms with van der Waals surface area (Å²) in [7, 11) is 0. The summed E-state index contributed by atoms with van der Waals surface area (Å²) in [5, 5.41) is 3.63. The van der Waals surface area contributed by atoms with Gasteiger partial charge in [-0.3, -0.25) is 0 Å². The molecule has 1 rings (SSSR count). The van der Waals surface area contributed by atoms with Crippen molar-refractivity contribution < 1.29 is 4.39 Å². The lowest BCUT2D eigenvalue weighted by atomic mass is 9.85. The van der Waals surface area contributed by atoms with Crippen molar-refractivity contribution in [2.45, 2.75) is 65.8 Å². The highest BCUT2D eigenvalue weighted by Crippen LogP contribution is 2.22. The molecule has 1 N–H and O–H groups in total. The standard InChI is InChI=1S/C18H30FN/c1-5-8-15(9-6-2)18(20-7-3)13-16-12-17(19)11-10-14(16)4/h10-12,15,18,20H,5-9,13H2,1-4H3. The zero-order valence-electron chi connectivity index (χ0n) is 13.5. The van der Waals surface area contributed by atoms with E-state index >= 15 is 0 Å². The van der Waals surface area contributed by atoms with Crippen molar-refractivity contribution >= 4 is 0 Å². The number of likely N-dealkylation sites (N-methyl/N-ethyl adjacent to an activating group) is 1. The lowest BCUT2D eigenvalue weighted by molar-refractivity contribution is 0.312. The normalized spacial score (nSPS) is 12.9. The molecule has 0 saturated heterocycles. The third-order valence-corrected chi connectivity index (χ3v) is 4.11. The van der Waals surface area contributed by atoms with Crippen molar-refractivity contribution in [3.8, 4) is 0 Å². The Kier molecular flexibility index (Phi) is 7.83. The summed E-state index contributed by atoms with van der Waals surface area (Å²) in [6.45, 7) is 9.70. The maximum atomic E-state index is 13.5. The summed E-state index contributed by atoms with van der Waals surface area (Å²) in [5.74, 6) is 0.566. The van der Waals surface area contributed by atoms with Gasteiger partial charge in [-0.15, -0.1) is 0 Å². The third-order valence-electron chi connectivity index (χ3n) is 4.11. The van der Waals surface area contributed by atoms with Crippen LogP contribution in [0.3, 0.4) is 0 Å². The first-order valence-electron chi connectivity index (χ1n) is 8.10. The van der Waals surface area contributed by atoms with E-state index in [0.29, 0.717) is 12.0 Å². The second kappa shape index (κ2) is 9.12. The first-order valence-corrected chi connectivity index (χ1v) is 8.10. The number of hydrogen-bond donors (Lipinski definition) is 1. The van der Waals surface area contributed by atoms with Crippen LogP contribution in [0.4, 0.5) is 4.39 Å². The number of aryl methyl sites for hydroxylation is 1. The third kappa shape index (κ3) is 5.24. The summed E-state index contributed by atoms with van der Waals surface area (Å²) >= 11 is 0. The number of benzene rings is 1. The summed E-state index contributed by atoms with van der Waals surface area (Å²) in [4.78, 5) is 0. The average Bonchev–Trinajstić information content (AvgIpc) is 2.42. The van der Waals surface area contributed by atoms with E-state index in [9.17, 15) is 4.39 Å². The van der Waals surface area contributed by atoms with Crippen LogP contribution in [0.5, 0.6) is 0 Å². The van der Waals surface area contributed by atoms with E-state index in [-0.39, 0.29) is 5.82 Å². The summed E-state index contributed by atoms with van der Waals surface area (Å²) < 4.78 is 13.5.